The molecule has 264 valence electrons. The maximum atomic E-state index is 13.6. The lowest BCUT2D eigenvalue weighted by atomic mass is 9.83. The Balaban J connectivity index is 1.50. The molecule has 3 aromatic rings. The van der Waals surface area contributed by atoms with Gasteiger partial charge in [0.1, 0.15) is 17.5 Å². The second-order valence-electron chi connectivity index (χ2n) is 16.7. The topological polar surface area (TPSA) is 121 Å². The Labute approximate surface area is 293 Å². The van der Waals surface area contributed by atoms with Crippen molar-refractivity contribution in [1.82, 2.24) is 24.6 Å². The lowest BCUT2D eigenvalue weighted by Crippen LogP contribution is -2.46. The number of hydrogen-bond donors (Lipinski definition) is 1. The lowest BCUT2D eigenvalue weighted by molar-refractivity contribution is 0.0575. The fourth-order valence-electron chi connectivity index (χ4n) is 6.25. The highest BCUT2D eigenvalue weighted by Crippen LogP contribution is 2.47. The normalized spacial score (nSPS) is 19.1. The molecular formula is C37H54N8O3Si. The highest BCUT2D eigenvalue weighted by molar-refractivity contribution is 6.74. The fraction of sp³-hybridized carbons (Fsp3) is 0.595. The number of nitrogens with one attached hydrogen (secondary N) is 1. The first-order valence-corrected chi connectivity index (χ1v) is 20.3. The smallest absolute Gasteiger partial charge is 0.414 e. The van der Waals surface area contributed by atoms with Crippen molar-refractivity contribution >= 4 is 31.9 Å². The van der Waals surface area contributed by atoms with Gasteiger partial charge in [-0.25, -0.2) is 19.4 Å². The van der Waals surface area contributed by atoms with Crippen molar-refractivity contribution in [1.29, 1.82) is 5.26 Å². The molecule has 0 unspecified atom stereocenters. The summed E-state index contributed by atoms with van der Waals surface area (Å²) in [7, 11) is 0.0428. The summed E-state index contributed by atoms with van der Waals surface area (Å²) in [5.41, 5.74) is 2.90. The van der Waals surface area contributed by atoms with Crippen molar-refractivity contribution < 1.29 is 14.0 Å². The van der Waals surface area contributed by atoms with Crippen molar-refractivity contribution in [3.8, 4) is 17.3 Å². The van der Waals surface area contributed by atoms with Crippen molar-refractivity contribution in [2.75, 3.05) is 43.5 Å². The summed E-state index contributed by atoms with van der Waals surface area (Å²) in [6, 6.07) is 10.1. The zero-order chi connectivity index (χ0) is 35.9. The molecule has 0 spiro atoms. The molecule has 1 N–H and O–H groups in total. The Bertz CT molecular complexity index is 1730. The van der Waals surface area contributed by atoms with Gasteiger partial charge in [-0.1, -0.05) is 27.7 Å². The van der Waals surface area contributed by atoms with Crippen molar-refractivity contribution in [2.45, 2.75) is 104 Å². The molecule has 1 aromatic carbocycles. The quantitative estimate of drug-likeness (QED) is 0.238. The molecule has 0 saturated carbocycles. The van der Waals surface area contributed by atoms with Crippen LogP contribution in [-0.2, 0) is 21.1 Å². The van der Waals surface area contributed by atoms with Crippen LogP contribution in [0.25, 0.3) is 11.3 Å². The average molecular weight is 687 g/mol. The van der Waals surface area contributed by atoms with Crippen LogP contribution in [0.2, 0.25) is 18.1 Å². The number of hydrogen-bond acceptors (Lipinski definition) is 9. The van der Waals surface area contributed by atoms with E-state index >= 15 is 0 Å². The van der Waals surface area contributed by atoms with Crippen LogP contribution in [0.4, 0.5) is 22.2 Å². The van der Waals surface area contributed by atoms with Crippen LogP contribution in [-0.4, -0.2) is 77.9 Å². The third-order valence-corrected chi connectivity index (χ3v) is 14.7. The van der Waals surface area contributed by atoms with Crippen LogP contribution in [0.15, 0.2) is 30.5 Å². The third-order valence-electron chi connectivity index (χ3n) is 10.2. The summed E-state index contributed by atoms with van der Waals surface area (Å²) in [5, 5.41) is 18.7. The molecule has 0 bridgehead atoms. The number of anilines is 3. The number of likely N-dealkylation sites (tertiary alicyclic amines) is 1. The highest BCUT2D eigenvalue weighted by atomic mass is 28.4. The molecule has 1 amide bonds. The Morgan fingerprint density at radius 1 is 1.14 bits per heavy atom. The van der Waals surface area contributed by atoms with Gasteiger partial charge in [0.25, 0.3) is 0 Å². The van der Waals surface area contributed by atoms with Gasteiger partial charge < -0.3 is 19.4 Å². The standard InChI is InChI=1S/C37H54N8O3Si/c1-25-18-31(45(42-25)22-26-13-16-43(9)17-14-26)41-33-39-15-12-30(40-33)27-19-28(21-38)32-29(20-27)37(8,24-47-49(10,11)36(5,6)7)23-44(32)34(46)48-35(2,3)4/h12,15,18-20,26H,13-14,16-17,22-24H2,1-11H3,(H,39,40,41)/t37-/m1/s1. The van der Waals surface area contributed by atoms with Gasteiger partial charge in [0.15, 0.2) is 8.32 Å². The molecule has 49 heavy (non-hydrogen) atoms. The number of piperidine rings is 1. The van der Waals surface area contributed by atoms with Gasteiger partial charge in [0, 0.05) is 42.9 Å². The second-order valence-corrected chi connectivity index (χ2v) is 21.5. The summed E-state index contributed by atoms with van der Waals surface area (Å²) in [6.07, 6.45) is 3.54. The van der Waals surface area contributed by atoms with Crippen LogP contribution in [0.3, 0.4) is 0 Å². The van der Waals surface area contributed by atoms with Crippen LogP contribution < -0.4 is 10.2 Å². The largest absolute Gasteiger partial charge is 0.443 e. The van der Waals surface area contributed by atoms with Crippen molar-refractivity contribution in [3.05, 3.63) is 47.3 Å². The van der Waals surface area contributed by atoms with Gasteiger partial charge in [-0.2, -0.15) is 10.4 Å². The monoisotopic (exact) mass is 686 g/mol. The maximum Gasteiger partial charge on any atom is 0.414 e. The minimum absolute atomic E-state index is 0.0146. The molecule has 4 heterocycles. The summed E-state index contributed by atoms with van der Waals surface area (Å²) in [4.78, 5) is 27.0. The van der Waals surface area contributed by atoms with Gasteiger partial charge in [0.2, 0.25) is 5.95 Å². The van der Waals surface area contributed by atoms with E-state index in [0.29, 0.717) is 42.0 Å². The fourth-order valence-corrected chi connectivity index (χ4v) is 7.37. The number of amides is 1. The predicted octanol–water partition coefficient (Wildman–Crippen LogP) is 7.64. The molecule has 5 rings (SSSR count). The van der Waals surface area contributed by atoms with E-state index in [4.69, 9.17) is 19.2 Å². The number of aryl methyl sites for hydroxylation is 1. The first kappa shape index (κ1) is 36.5. The van der Waals surface area contributed by atoms with Gasteiger partial charge in [-0.15, -0.1) is 0 Å². The van der Waals surface area contributed by atoms with E-state index in [9.17, 15) is 10.1 Å². The molecule has 2 aliphatic heterocycles. The lowest BCUT2D eigenvalue weighted by Gasteiger charge is -2.39. The number of nitrogens with zero attached hydrogens (tertiary/aromatic N) is 7. The van der Waals surface area contributed by atoms with E-state index < -0.39 is 25.4 Å². The molecule has 12 heteroatoms. The van der Waals surface area contributed by atoms with E-state index in [1.807, 2.05) is 44.5 Å². The van der Waals surface area contributed by atoms with E-state index in [-0.39, 0.29) is 5.04 Å². The van der Waals surface area contributed by atoms with Gasteiger partial charge in [-0.05, 0) is 108 Å². The Hall–Kier alpha value is -3.79. The summed E-state index contributed by atoms with van der Waals surface area (Å²) >= 11 is 0. The number of fused-ring (bicyclic) bond motifs is 1. The number of nitriles is 1. The molecule has 2 aliphatic rings. The van der Waals surface area contributed by atoms with Crippen molar-refractivity contribution in [3.63, 3.8) is 0 Å². The molecular weight excluding hydrogens is 633 g/mol. The van der Waals surface area contributed by atoms with E-state index in [1.165, 1.54) is 0 Å². The van der Waals surface area contributed by atoms with Crippen molar-refractivity contribution in [2.24, 2.45) is 5.92 Å². The van der Waals surface area contributed by atoms with E-state index in [2.05, 4.69) is 75.2 Å². The second kappa shape index (κ2) is 13.5. The maximum absolute atomic E-state index is 13.6. The molecule has 1 atom stereocenters. The zero-order valence-electron chi connectivity index (χ0n) is 31.3. The van der Waals surface area contributed by atoms with Crippen LogP contribution in [0.1, 0.15) is 78.1 Å². The number of rotatable bonds is 8. The number of aromatic nitrogens is 4. The molecule has 11 nitrogen and oxygen atoms in total. The summed E-state index contributed by atoms with van der Waals surface area (Å²) in [5.74, 6) is 1.86. The minimum Gasteiger partial charge on any atom is -0.443 e. The Morgan fingerprint density at radius 3 is 2.47 bits per heavy atom. The molecule has 1 fully saturated rings. The van der Waals surface area contributed by atoms with Crippen LogP contribution >= 0.6 is 0 Å². The van der Waals surface area contributed by atoms with E-state index in [1.54, 1.807) is 17.2 Å². The van der Waals surface area contributed by atoms with Gasteiger partial charge in [-0.3, -0.25) is 4.90 Å². The van der Waals surface area contributed by atoms with Crippen LogP contribution in [0, 0.1) is 24.2 Å². The number of benzene rings is 1. The first-order chi connectivity index (χ1) is 22.8. The highest BCUT2D eigenvalue weighted by Gasteiger charge is 2.47. The molecule has 0 aliphatic carbocycles. The number of carbonyl (C=O) groups is 1. The third kappa shape index (κ3) is 8.17. The average Bonchev–Trinajstić information content (AvgIpc) is 3.51. The first-order valence-electron chi connectivity index (χ1n) is 17.4. The zero-order valence-corrected chi connectivity index (χ0v) is 32.3. The van der Waals surface area contributed by atoms with Crippen LogP contribution in [0.5, 0.6) is 0 Å². The predicted molar refractivity (Wildman–Crippen MR) is 197 cm³/mol. The minimum atomic E-state index is -2.13. The van der Waals surface area contributed by atoms with Gasteiger partial charge >= 0.3 is 6.09 Å². The molecule has 0 radical (unpaired) electrons. The SMILES string of the molecule is Cc1cc(Nc2nccc(-c3cc(C#N)c4c(c3)[C@@](C)(CO[Si](C)(C)C(C)(C)C)CN4C(=O)OC(C)(C)C)n2)n(CC2CCN(C)CC2)n1. The van der Waals surface area contributed by atoms with E-state index in [0.717, 1.165) is 55.1 Å². The summed E-state index contributed by atoms with van der Waals surface area (Å²) in [6.45, 7) is 24.5. The Kier molecular flexibility index (Phi) is 10.0. The number of carbonyl (C=O) groups excluding carboxylic acids is 1. The Morgan fingerprint density at radius 2 is 1.84 bits per heavy atom. The summed E-state index contributed by atoms with van der Waals surface area (Å²) < 4.78 is 14.6. The molecule has 2 aromatic heterocycles. The molecule has 1 saturated heterocycles. The number of ether oxygens (including phenoxy) is 1. The van der Waals surface area contributed by atoms with Gasteiger partial charge in [0.05, 0.1) is 22.6 Å².